The minimum Gasteiger partial charge on any atom is -0.351 e. The van der Waals surface area contributed by atoms with Crippen molar-refractivity contribution in [3.63, 3.8) is 0 Å². The lowest BCUT2D eigenvalue weighted by molar-refractivity contribution is -0.665. The summed E-state index contributed by atoms with van der Waals surface area (Å²) in [5, 5.41) is 2.01. The molecule has 22 heavy (non-hydrogen) atoms. The summed E-state index contributed by atoms with van der Waals surface area (Å²) in [6.07, 6.45) is 4.27. The van der Waals surface area contributed by atoms with Crippen LogP contribution in [0.3, 0.4) is 0 Å². The molecule has 0 saturated heterocycles. The Labute approximate surface area is 139 Å². The van der Waals surface area contributed by atoms with Gasteiger partial charge in [0.1, 0.15) is 11.2 Å². The van der Waals surface area contributed by atoms with Crippen molar-refractivity contribution in [2.75, 3.05) is 11.9 Å². The first-order chi connectivity index (χ1) is 10.7. The number of fused-ring (bicyclic) bond motifs is 1. The molecular weight excluding hydrogens is 312 g/mol. The van der Waals surface area contributed by atoms with Crippen molar-refractivity contribution in [3.8, 4) is 0 Å². The van der Waals surface area contributed by atoms with E-state index < -0.39 is 0 Å². The molecule has 0 amide bonds. The first kappa shape index (κ1) is 15.1. The van der Waals surface area contributed by atoms with Gasteiger partial charge in [-0.15, -0.1) is 0 Å². The molecule has 0 unspecified atom stereocenters. The van der Waals surface area contributed by atoms with E-state index in [9.17, 15) is 0 Å². The predicted octanol–water partition coefficient (Wildman–Crippen LogP) is 4.97. The molecule has 0 aliphatic rings. The summed E-state index contributed by atoms with van der Waals surface area (Å²) in [5.74, 6) is 0. The molecule has 0 N–H and O–H groups in total. The fourth-order valence-corrected chi connectivity index (χ4v) is 3.72. The van der Waals surface area contributed by atoms with Crippen LogP contribution in [0.2, 0.25) is 5.02 Å². The normalized spacial score (nSPS) is 11.4. The van der Waals surface area contributed by atoms with E-state index in [1.807, 2.05) is 30.3 Å². The number of nitrogens with zero attached hydrogens (tertiary/aromatic N) is 2. The fraction of sp³-hybridized carbons (Fsp3) is 0.167. The summed E-state index contributed by atoms with van der Waals surface area (Å²) < 4.78 is 3.55. The Bertz CT molecular complexity index is 809. The summed E-state index contributed by atoms with van der Waals surface area (Å²) >= 11 is 7.91. The van der Waals surface area contributed by atoms with Gasteiger partial charge in [-0.2, -0.15) is 4.57 Å². The second-order valence-corrected chi connectivity index (χ2v) is 6.56. The highest BCUT2D eigenvalue weighted by Crippen LogP contribution is 2.24. The van der Waals surface area contributed by atoms with E-state index in [4.69, 9.17) is 11.6 Å². The van der Waals surface area contributed by atoms with Crippen molar-refractivity contribution in [2.45, 2.75) is 13.5 Å². The Morgan fingerprint density at radius 2 is 1.95 bits per heavy atom. The Kier molecular flexibility index (Phi) is 4.46. The van der Waals surface area contributed by atoms with Gasteiger partial charge >= 0.3 is 0 Å². The van der Waals surface area contributed by atoms with E-state index in [0.717, 1.165) is 11.6 Å². The smallest absolute Gasteiger partial charge is 0.264 e. The van der Waals surface area contributed by atoms with Crippen LogP contribution in [0, 0.1) is 0 Å². The zero-order valence-corrected chi connectivity index (χ0v) is 14.2. The quantitative estimate of drug-likeness (QED) is 0.613. The number of aromatic nitrogens is 1. The maximum atomic E-state index is 6.13. The minimum absolute atomic E-state index is 0.782. The molecule has 2 nitrogen and oxygen atoms in total. The van der Waals surface area contributed by atoms with Crippen molar-refractivity contribution in [1.29, 1.82) is 0 Å². The molecule has 1 aromatic heterocycles. The number of rotatable bonds is 4. The first-order valence-corrected chi connectivity index (χ1v) is 8.46. The van der Waals surface area contributed by atoms with E-state index >= 15 is 0 Å². The monoisotopic (exact) mass is 329 g/mol. The lowest BCUT2D eigenvalue weighted by Gasteiger charge is -2.12. The predicted molar refractivity (Wildman–Crippen MR) is 96.6 cm³/mol. The van der Waals surface area contributed by atoms with Crippen LogP contribution in [0.15, 0.2) is 54.7 Å². The largest absolute Gasteiger partial charge is 0.351 e. The molecule has 4 heteroatoms. The highest BCUT2D eigenvalue weighted by molar-refractivity contribution is 7.18. The lowest BCUT2D eigenvalue weighted by atomic mass is 10.3. The maximum Gasteiger partial charge on any atom is 0.264 e. The highest BCUT2D eigenvalue weighted by atomic mass is 35.5. The maximum absolute atomic E-state index is 6.13. The van der Waals surface area contributed by atoms with Crippen molar-refractivity contribution >= 4 is 44.9 Å². The van der Waals surface area contributed by atoms with Crippen molar-refractivity contribution in [3.05, 3.63) is 64.8 Å². The number of thiazole rings is 1. The molecule has 0 aliphatic carbocycles. The van der Waals surface area contributed by atoms with Crippen LogP contribution in [0.1, 0.15) is 11.9 Å². The molecule has 0 atom stereocenters. The molecule has 0 bridgehead atoms. The summed E-state index contributed by atoms with van der Waals surface area (Å²) in [5.41, 5.74) is 2.37. The van der Waals surface area contributed by atoms with Crippen LogP contribution < -0.4 is 9.47 Å². The van der Waals surface area contributed by atoms with Crippen molar-refractivity contribution < 1.29 is 4.57 Å². The minimum atomic E-state index is 0.782. The van der Waals surface area contributed by atoms with Crippen LogP contribution in [-0.4, -0.2) is 7.05 Å². The Hall–Kier alpha value is -1.84. The number of hydrogen-bond acceptors (Lipinski definition) is 2. The molecule has 3 rings (SSSR count). The van der Waals surface area contributed by atoms with Crippen LogP contribution in [0.5, 0.6) is 0 Å². The van der Waals surface area contributed by atoms with Crippen molar-refractivity contribution in [2.24, 2.45) is 0 Å². The number of para-hydroxylation sites is 1. The number of benzene rings is 2. The molecule has 0 saturated carbocycles. The molecule has 1 heterocycles. The second kappa shape index (κ2) is 6.51. The Balaban J connectivity index is 1.95. The molecule has 0 aliphatic heterocycles. The van der Waals surface area contributed by atoms with Gasteiger partial charge in [-0.05, 0) is 31.2 Å². The van der Waals surface area contributed by atoms with E-state index in [1.165, 1.54) is 20.9 Å². The topological polar surface area (TPSA) is 7.12 Å². The number of halogens is 1. The standard InChI is InChI=1S/C18H18ClN2S/c1-3-21-16-13-14(19)9-10-17(16)22-18(21)11-12-20(2)15-7-5-4-6-8-15/h4-13H,3H2,1-2H3/q+1. The fourth-order valence-electron chi connectivity index (χ4n) is 2.45. The second-order valence-electron chi connectivity index (χ2n) is 5.06. The van der Waals surface area contributed by atoms with E-state index in [0.29, 0.717) is 0 Å². The molecule has 3 aromatic rings. The third-order valence-electron chi connectivity index (χ3n) is 3.61. The van der Waals surface area contributed by atoms with E-state index in [1.54, 1.807) is 11.3 Å². The van der Waals surface area contributed by atoms with Gasteiger partial charge in [-0.25, -0.2) is 0 Å². The van der Waals surface area contributed by atoms with Gasteiger partial charge in [-0.1, -0.05) is 41.1 Å². The van der Waals surface area contributed by atoms with Gasteiger partial charge in [0.2, 0.25) is 5.52 Å². The summed E-state index contributed by atoms with van der Waals surface area (Å²) in [4.78, 5) is 2.12. The SMILES string of the molecule is CC[n+]1c(C=CN(C)c2ccccc2)sc2ccc(Cl)cc21. The molecular formula is C18H18ClN2S+. The molecule has 112 valence electrons. The van der Waals surface area contributed by atoms with E-state index in [2.05, 4.69) is 53.9 Å². The Morgan fingerprint density at radius 3 is 2.68 bits per heavy atom. The lowest BCUT2D eigenvalue weighted by Crippen LogP contribution is -2.33. The summed E-state index contributed by atoms with van der Waals surface area (Å²) in [6.45, 7) is 3.08. The van der Waals surface area contributed by atoms with Gasteiger partial charge in [0.25, 0.3) is 5.01 Å². The number of hydrogen-bond donors (Lipinski definition) is 0. The average molecular weight is 330 g/mol. The average Bonchev–Trinajstić information content (AvgIpc) is 2.90. The third-order valence-corrected chi connectivity index (χ3v) is 4.98. The Morgan fingerprint density at radius 1 is 1.18 bits per heavy atom. The van der Waals surface area contributed by atoms with Crippen LogP contribution >= 0.6 is 22.9 Å². The van der Waals surface area contributed by atoms with Crippen LogP contribution in [0.4, 0.5) is 5.69 Å². The van der Waals surface area contributed by atoms with E-state index in [-0.39, 0.29) is 0 Å². The molecule has 2 aromatic carbocycles. The van der Waals surface area contributed by atoms with Gasteiger partial charge < -0.3 is 4.90 Å². The highest BCUT2D eigenvalue weighted by Gasteiger charge is 2.17. The molecule has 0 fully saturated rings. The molecule has 0 radical (unpaired) electrons. The zero-order chi connectivity index (χ0) is 15.5. The summed E-state index contributed by atoms with van der Waals surface area (Å²) in [7, 11) is 2.06. The summed E-state index contributed by atoms with van der Waals surface area (Å²) in [6, 6.07) is 16.4. The van der Waals surface area contributed by atoms with Crippen LogP contribution in [-0.2, 0) is 6.54 Å². The van der Waals surface area contributed by atoms with Gasteiger partial charge in [0.15, 0.2) is 0 Å². The molecule has 0 spiro atoms. The number of aryl methyl sites for hydroxylation is 1. The van der Waals surface area contributed by atoms with Crippen molar-refractivity contribution in [1.82, 2.24) is 0 Å². The zero-order valence-electron chi connectivity index (χ0n) is 12.7. The third kappa shape index (κ3) is 3.01. The van der Waals surface area contributed by atoms with Crippen LogP contribution in [0.25, 0.3) is 16.3 Å². The van der Waals surface area contributed by atoms with Gasteiger partial charge in [-0.3, -0.25) is 0 Å². The first-order valence-electron chi connectivity index (χ1n) is 7.27. The van der Waals surface area contributed by atoms with Gasteiger partial charge in [0.05, 0.1) is 0 Å². The number of anilines is 1. The van der Waals surface area contributed by atoms with Gasteiger partial charge in [0, 0.05) is 36.1 Å².